The van der Waals surface area contributed by atoms with Gasteiger partial charge in [0.15, 0.2) is 6.10 Å². The van der Waals surface area contributed by atoms with E-state index < -0.39 is 0 Å². The maximum atomic E-state index is 13.3. The first-order chi connectivity index (χ1) is 14.6. The van der Waals surface area contributed by atoms with Crippen molar-refractivity contribution in [3.8, 4) is 11.1 Å². The maximum absolute atomic E-state index is 13.3. The van der Waals surface area contributed by atoms with Crippen molar-refractivity contribution in [1.82, 2.24) is 4.98 Å². The number of nitrogens with zero attached hydrogens (tertiary/aromatic N) is 1. The van der Waals surface area contributed by atoms with Crippen molar-refractivity contribution in [1.29, 1.82) is 0 Å². The summed E-state index contributed by atoms with van der Waals surface area (Å²) in [7, 11) is 0. The number of rotatable bonds is 3. The van der Waals surface area contributed by atoms with Crippen molar-refractivity contribution in [3.05, 3.63) is 105 Å². The minimum Gasteiger partial charge on any atom is -0.387 e. The highest BCUT2D eigenvalue weighted by atomic mass is 35.5. The van der Waals surface area contributed by atoms with Crippen molar-refractivity contribution >= 4 is 28.2 Å². The fourth-order valence-corrected chi connectivity index (χ4v) is 4.00. The predicted octanol–water partition coefficient (Wildman–Crippen LogP) is 5.85. The number of H-pyrrole nitrogens is 1. The SMILES string of the molecule is O=c1[nH]c2ccc(Cl)cc2c(-c2ccccc2)c1C1=NOC(c2ccc(F)cc2)C1. The van der Waals surface area contributed by atoms with E-state index in [1.54, 1.807) is 24.3 Å². The molecule has 3 aromatic carbocycles. The van der Waals surface area contributed by atoms with Crippen molar-refractivity contribution in [2.75, 3.05) is 0 Å². The zero-order valence-electron chi connectivity index (χ0n) is 15.7. The molecule has 4 aromatic rings. The summed E-state index contributed by atoms with van der Waals surface area (Å²) >= 11 is 6.27. The molecule has 0 fully saturated rings. The number of aromatic amines is 1. The van der Waals surface area contributed by atoms with Gasteiger partial charge in [0.25, 0.3) is 5.56 Å². The number of hydrogen-bond donors (Lipinski definition) is 1. The van der Waals surface area contributed by atoms with Crippen LogP contribution in [0.5, 0.6) is 0 Å². The van der Waals surface area contributed by atoms with Crippen LogP contribution in [-0.4, -0.2) is 10.7 Å². The van der Waals surface area contributed by atoms with Gasteiger partial charge in [0, 0.05) is 27.9 Å². The Kier molecular flexibility index (Phi) is 4.60. The molecule has 1 N–H and O–H groups in total. The molecule has 1 unspecified atom stereocenters. The van der Waals surface area contributed by atoms with Crippen LogP contribution in [0.15, 0.2) is 82.7 Å². The van der Waals surface area contributed by atoms with Gasteiger partial charge in [0.2, 0.25) is 0 Å². The van der Waals surface area contributed by atoms with E-state index in [1.807, 2.05) is 36.4 Å². The Hall–Kier alpha value is -3.44. The van der Waals surface area contributed by atoms with Crippen LogP contribution >= 0.6 is 11.6 Å². The molecule has 1 atom stereocenters. The van der Waals surface area contributed by atoms with Crippen molar-refractivity contribution in [2.24, 2.45) is 5.16 Å². The molecule has 0 saturated carbocycles. The number of benzene rings is 3. The zero-order chi connectivity index (χ0) is 20.7. The lowest BCUT2D eigenvalue weighted by molar-refractivity contribution is 0.0857. The van der Waals surface area contributed by atoms with Crippen LogP contribution < -0.4 is 5.56 Å². The molecule has 1 aliphatic rings. The van der Waals surface area contributed by atoms with E-state index in [0.29, 0.717) is 28.2 Å². The second-order valence-electron chi connectivity index (χ2n) is 7.15. The largest absolute Gasteiger partial charge is 0.387 e. The van der Waals surface area contributed by atoms with Gasteiger partial charge in [0.05, 0.1) is 11.3 Å². The predicted molar refractivity (Wildman–Crippen MR) is 116 cm³/mol. The zero-order valence-corrected chi connectivity index (χ0v) is 16.5. The summed E-state index contributed by atoms with van der Waals surface area (Å²) in [6, 6.07) is 21.2. The molecule has 2 heterocycles. The highest BCUT2D eigenvalue weighted by molar-refractivity contribution is 6.31. The molecule has 0 aliphatic carbocycles. The van der Waals surface area contributed by atoms with Gasteiger partial charge >= 0.3 is 0 Å². The second kappa shape index (κ2) is 7.43. The van der Waals surface area contributed by atoms with Gasteiger partial charge in [-0.2, -0.15) is 0 Å². The molecule has 0 amide bonds. The van der Waals surface area contributed by atoms with E-state index in [0.717, 1.165) is 22.1 Å². The third-order valence-corrected chi connectivity index (χ3v) is 5.47. The second-order valence-corrected chi connectivity index (χ2v) is 7.58. The van der Waals surface area contributed by atoms with E-state index in [2.05, 4.69) is 10.1 Å². The smallest absolute Gasteiger partial charge is 0.258 e. The summed E-state index contributed by atoms with van der Waals surface area (Å²) in [6.45, 7) is 0. The van der Waals surface area contributed by atoms with Crippen LogP contribution in [-0.2, 0) is 4.84 Å². The van der Waals surface area contributed by atoms with Crippen LogP contribution in [0.2, 0.25) is 5.02 Å². The molecular weight excluding hydrogens is 403 g/mol. The highest BCUT2D eigenvalue weighted by Crippen LogP contribution is 2.35. The Morgan fingerprint density at radius 3 is 2.53 bits per heavy atom. The Bertz CT molecular complexity index is 1330. The fraction of sp³-hybridized carbons (Fsp3) is 0.0833. The molecule has 0 spiro atoms. The Morgan fingerprint density at radius 2 is 1.77 bits per heavy atom. The van der Waals surface area contributed by atoms with Gasteiger partial charge in [0.1, 0.15) is 5.82 Å². The number of aromatic nitrogens is 1. The molecule has 148 valence electrons. The molecule has 0 radical (unpaired) electrons. The highest BCUT2D eigenvalue weighted by Gasteiger charge is 2.28. The molecule has 5 rings (SSSR count). The molecule has 4 nitrogen and oxygen atoms in total. The van der Waals surface area contributed by atoms with Crippen LogP contribution in [0.4, 0.5) is 4.39 Å². The van der Waals surface area contributed by atoms with Gasteiger partial charge in [-0.3, -0.25) is 4.79 Å². The average molecular weight is 419 g/mol. The molecule has 30 heavy (non-hydrogen) atoms. The maximum Gasteiger partial charge on any atom is 0.258 e. The lowest BCUT2D eigenvalue weighted by Gasteiger charge is -2.13. The Morgan fingerprint density at radius 1 is 1.00 bits per heavy atom. The first kappa shape index (κ1) is 18.6. The van der Waals surface area contributed by atoms with Crippen LogP contribution in [0.3, 0.4) is 0 Å². The monoisotopic (exact) mass is 418 g/mol. The standard InChI is InChI=1S/C24H16ClFN2O2/c25-16-8-11-19-18(12-16)22(15-4-2-1-3-5-15)23(24(29)27-19)20-13-21(30-28-20)14-6-9-17(26)10-7-14/h1-12,21H,13H2,(H,27,29). The summed E-state index contributed by atoms with van der Waals surface area (Å²) in [5.74, 6) is -0.313. The normalized spacial score (nSPS) is 15.8. The molecular formula is C24H16ClFN2O2. The van der Waals surface area contributed by atoms with Gasteiger partial charge < -0.3 is 9.82 Å². The number of pyridine rings is 1. The van der Waals surface area contributed by atoms with E-state index >= 15 is 0 Å². The molecule has 0 saturated heterocycles. The minimum atomic E-state index is -0.376. The first-order valence-corrected chi connectivity index (χ1v) is 9.87. The van der Waals surface area contributed by atoms with E-state index in [1.165, 1.54) is 12.1 Å². The van der Waals surface area contributed by atoms with Crippen LogP contribution in [0.25, 0.3) is 22.0 Å². The van der Waals surface area contributed by atoms with Gasteiger partial charge in [-0.15, -0.1) is 0 Å². The topological polar surface area (TPSA) is 54.5 Å². The van der Waals surface area contributed by atoms with Gasteiger partial charge in [-0.1, -0.05) is 59.2 Å². The average Bonchev–Trinajstić information content (AvgIpc) is 3.24. The quantitative estimate of drug-likeness (QED) is 0.453. The number of halogens is 2. The summed E-state index contributed by atoms with van der Waals surface area (Å²) in [4.78, 5) is 21.7. The molecule has 1 aliphatic heterocycles. The number of fused-ring (bicyclic) bond motifs is 1. The van der Waals surface area contributed by atoms with E-state index in [4.69, 9.17) is 16.4 Å². The summed E-state index contributed by atoms with van der Waals surface area (Å²) < 4.78 is 13.3. The fourth-order valence-electron chi connectivity index (χ4n) is 3.83. The molecule has 1 aromatic heterocycles. The lowest BCUT2D eigenvalue weighted by Crippen LogP contribution is -2.20. The minimum absolute atomic E-state index is 0.245. The molecule has 0 bridgehead atoms. The van der Waals surface area contributed by atoms with Crippen LogP contribution in [0, 0.1) is 5.82 Å². The van der Waals surface area contributed by atoms with Gasteiger partial charge in [-0.25, -0.2) is 4.39 Å². The third kappa shape index (κ3) is 3.27. The summed E-state index contributed by atoms with van der Waals surface area (Å²) in [6.07, 6.45) is 0.0272. The number of hydrogen-bond acceptors (Lipinski definition) is 3. The van der Waals surface area contributed by atoms with Crippen molar-refractivity contribution in [2.45, 2.75) is 12.5 Å². The Labute approximate surface area is 176 Å². The summed E-state index contributed by atoms with van der Waals surface area (Å²) in [5, 5.41) is 5.64. The third-order valence-electron chi connectivity index (χ3n) is 5.24. The van der Waals surface area contributed by atoms with Crippen molar-refractivity contribution in [3.63, 3.8) is 0 Å². The van der Waals surface area contributed by atoms with Crippen LogP contribution in [0.1, 0.15) is 23.7 Å². The van der Waals surface area contributed by atoms with Crippen molar-refractivity contribution < 1.29 is 9.23 Å². The number of oxime groups is 1. The molecule has 6 heteroatoms. The summed E-state index contributed by atoms with van der Waals surface area (Å²) in [5.41, 5.74) is 3.91. The first-order valence-electron chi connectivity index (χ1n) is 9.49. The van der Waals surface area contributed by atoms with E-state index in [9.17, 15) is 9.18 Å². The lowest BCUT2D eigenvalue weighted by atomic mass is 9.91. The van der Waals surface area contributed by atoms with E-state index in [-0.39, 0.29) is 17.5 Å². The Balaban J connectivity index is 1.67. The number of nitrogens with one attached hydrogen (secondary N) is 1. The van der Waals surface area contributed by atoms with Gasteiger partial charge in [-0.05, 0) is 41.5 Å².